The third kappa shape index (κ3) is 4.55. The first-order valence-corrected chi connectivity index (χ1v) is 10.4. The second-order valence-electron chi connectivity index (χ2n) is 7.89. The number of hydrogen-bond acceptors (Lipinski definition) is 3. The summed E-state index contributed by atoms with van der Waals surface area (Å²) >= 11 is 0. The third-order valence-electron chi connectivity index (χ3n) is 5.73. The number of likely N-dealkylation sites (tertiary alicyclic amines) is 1. The molecule has 0 bridgehead atoms. The number of carboxylic acids is 1. The molecule has 1 aliphatic rings. The number of nitrogens with zero attached hydrogens (tertiary/aromatic N) is 1. The number of carboxylic acid groups (broad SMARTS) is 1. The second kappa shape index (κ2) is 9.14. The molecule has 3 aromatic rings. The van der Waals surface area contributed by atoms with Crippen molar-refractivity contribution < 1.29 is 14.6 Å². The number of benzene rings is 3. The van der Waals surface area contributed by atoms with Crippen LogP contribution in [-0.4, -0.2) is 28.6 Å². The summed E-state index contributed by atoms with van der Waals surface area (Å²) in [5.41, 5.74) is 4.46. The molecule has 0 radical (unpaired) electrons. The smallest absolute Gasteiger partial charge is 0.320 e. The van der Waals surface area contributed by atoms with E-state index < -0.39 is 12.0 Å². The first kappa shape index (κ1) is 20.2. The van der Waals surface area contributed by atoms with Crippen molar-refractivity contribution in [3.05, 3.63) is 101 Å². The summed E-state index contributed by atoms with van der Waals surface area (Å²) in [5.74, 6) is 0.0423. The molecule has 1 fully saturated rings. The van der Waals surface area contributed by atoms with Gasteiger partial charge in [0.05, 0.1) is 6.04 Å². The molecule has 0 saturated carbocycles. The quantitative estimate of drug-likeness (QED) is 0.590. The Hall–Kier alpha value is -3.11. The maximum Gasteiger partial charge on any atom is 0.320 e. The minimum Gasteiger partial charge on any atom is -0.489 e. The molecule has 2 atom stereocenters. The topological polar surface area (TPSA) is 49.8 Å². The summed E-state index contributed by atoms with van der Waals surface area (Å²) in [6, 6.07) is 25.9. The van der Waals surface area contributed by atoms with Gasteiger partial charge >= 0.3 is 5.97 Å². The lowest BCUT2D eigenvalue weighted by atomic mass is 9.95. The summed E-state index contributed by atoms with van der Waals surface area (Å²) in [5, 5.41) is 9.77. The molecule has 4 rings (SSSR count). The first-order chi connectivity index (χ1) is 14.6. The third-order valence-corrected chi connectivity index (χ3v) is 5.73. The lowest BCUT2D eigenvalue weighted by Crippen LogP contribution is -2.39. The number of hydrogen-bond donors (Lipinski definition) is 1. The zero-order chi connectivity index (χ0) is 20.9. The standard InChI is InChI=1S/C26H27NO3/c1-19-12-14-21(15-13-19)25(27-16-6-11-24(27)26(28)29)22-9-5-10-23(17-22)30-18-20-7-3-2-4-8-20/h2-5,7-10,12-15,17,24-25H,6,11,16,18H2,1H3,(H,28,29). The molecule has 30 heavy (non-hydrogen) atoms. The van der Waals surface area contributed by atoms with Crippen LogP contribution in [0.2, 0.25) is 0 Å². The van der Waals surface area contributed by atoms with Crippen LogP contribution < -0.4 is 4.74 Å². The Labute approximate surface area is 177 Å². The van der Waals surface area contributed by atoms with Gasteiger partial charge in [0.2, 0.25) is 0 Å². The van der Waals surface area contributed by atoms with E-state index in [1.165, 1.54) is 5.56 Å². The van der Waals surface area contributed by atoms with Gasteiger partial charge in [-0.1, -0.05) is 72.3 Å². The van der Waals surface area contributed by atoms with Gasteiger partial charge in [0, 0.05) is 6.54 Å². The van der Waals surface area contributed by atoms with Crippen molar-refractivity contribution in [2.75, 3.05) is 6.54 Å². The number of rotatable bonds is 7. The molecule has 4 nitrogen and oxygen atoms in total. The van der Waals surface area contributed by atoms with Crippen LogP contribution in [-0.2, 0) is 11.4 Å². The molecule has 0 aliphatic carbocycles. The zero-order valence-corrected chi connectivity index (χ0v) is 17.2. The Kier molecular flexibility index (Phi) is 6.15. The minimum atomic E-state index is -0.749. The molecule has 0 amide bonds. The van der Waals surface area contributed by atoms with E-state index in [9.17, 15) is 9.90 Å². The van der Waals surface area contributed by atoms with Crippen molar-refractivity contribution in [3.63, 3.8) is 0 Å². The fourth-order valence-electron chi connectivity index (χ4n) is 4.20. The van der Waals surface area contributed by atoms with Gasteiger partial charge in [0.1, 0.15) is 18.4 Å². The van der Waals surface area contributed by atoms with E-state index >= 15 is 0 Å². The summed E-state index contributed by atoms with van der Waals surface area (Å²) in [4.78, 5) is 14.0. The molecular formula is C26H27NO3. The van der Waals surface area contributed by atoms with Crippen LogP contribution in [0.1, 0.15) is 41.1 Å². The predicted molar refractivity (Wildman–Crippen MR) is 118 cm³/mol. The van der Waals surface area contributed by atoms with E-state index in [0.717, 1.165) is 35.4 Å². The molecule has 1 N–H and O–H groups in total. The van der Waals surface area contributed by atoms with Gasteiger partial charge in [-0.2, -0.15) is 0 Å². The second-order valence-corrected chi connectivity index (χ2v) is 7.89. The van der Waals surface area contributed by atoms with E-state index in [0.29, 0.717) is 13.0 Å². The van der Waals surface area contributed by atoms with Gasteiger partial charge < -0.3 is 9.84 Å². The molecule has 2 unspecified atom stereocenters. The zero-order valence-electron chi connectivity index (χ0n) is 17.2. The maximum absolute atomic E-state index is 11.9. The van der Waals surface area contributed by atoms with Crippen LogP contribution in [0.15, 0.2) is 78.9 Å². The van der Waals surface area contributed by atoms with Crippen LogP contribution >= 0.6 is 0 Å². The molecular weight excluding hydrogens is 374 g/mol. The van der Waals surface area contributed by atoms with Crippen LogP contribution in [0.4, 0.5) is 0 Å². The average Bonchev–Trinajstić information content (AvgIpc) is 3.25. The van der Waals surface area contributed by atoms with Gasteiger partial charge in [0.25, 0.3) is 0 Å². The van der Waals surface area contributed by atoms with Gasteiger partial charge in [-0.25, -0.2) is 0 Å². The van der Waals surface area contributed by atoms with Crippen LogP contribution in [0.3, 0.4) is 0 Å². The van der Waals surface area contributed by atoms with Crippen molar-refractivity contribution in [2.24, 2.45) is 0 Å². The molecule has 1 saturated heterocycles. The number of aryl methyl sites for hydroxylation is 1. The molecule has 0 spiro atoms. The summed E-state index contributed by atoms with van der Waals surface area (Å²) in [7, 11) is 0. The minimum absolute atomic E-state index is 0.116. The van der Waals surface area contributed by atoms with E-state index in [1.54, 1.807) is 0 Å². The molecule has 1 aliphatic heterocycles. The Balaban J connectivity index is 1.65. The van der Waals surface area contributed by atoms with Gasteiger partial charge in [-0.05, 0) is 48.6 Å². The lowest BCUT2D eigenvalue weighted by molar-refractivity contribution is -0.142. The van der Waals surface area contributed by atoms with Gasteiger partial charge in [-0.3, -0.25) is 9.69 Å². The SMILES string of the molecule is Cc1ccc(C(c2cccc(OCc3ccccc3)c2)N2CCCC2C(=O)O)cc1. The first-order valence-electron chi connectivity index (χ1n) is 10.4. The summed E-state index contributed by atoms with van der Waals surface area (Å²) < 4.78 is 6.04. The Morgan fingerprint density at radius 1 is 1.03 bits per heavy atom. The predicted octanol–water partition coefficient (Wildman–Crippen LogP) is 5.21. The highest BCUT2D eigenvalue weighted by molar-refractivity contribution is 5.74. The van der Waals surface area contributed by atoms with E-state index in [-0.39, 0.29) is 6.04 Å². The lowest BCUT2D eigenvalue weighted by Gasteiger charge is -2.32. The maximum atomic E-state index is 11.9. The molecule has 154 valence electrons. The van der Waals surface area contributed by atoms with Crippen molar-refractivity contribution in [2.45, 2.75) is 38.5 Å². The highest BCUT2D eigenvalue weighted by Gasteiger charge is 2.36. The molecule has 1 heterocycles. The summed E-state index contributed by atoms with van der Waals surface area (Å²) in [6.45, 7) is 3.33. The van der Waals surface area contributed by atoms with Crippen LogP contribution in [0.5, 0.6) is 5.75 Å². The van der Waals surface area contributed by atoms with Gasteiger partial charge in [-0.15, -0.1) is 0 Å². The van der Waals surface area contributed by atoms with Crippen LogP contribution in [0.25, 0.3) is 0 Å². The fraction of sp³-hybridized carbons (Fsp3) is 0.269. The van der Waals surface area contributed by atoms with Crippen molar-refractivity contribution in [3.8, 4) is 5.75 Å². The van der Waals surface area contributed by atoms with E-state index in [4.69, 9.17) is 4.74 Å². The number of aliphatic carboxylic acids is 1. The van der Waals surface area contributed by atoms with E-state index in [1.807, 2.05) is 48.5 Å². The fourth-order valence-corrected chi connectivity index (χ4v) is 4.20. The van der Waals surface area contributed by atoms with Crippen LogP contribution in [0, 0.1) is 6.92 Å². The highest BCUT2D eigenvalue weighted by atomic mass is 16.5. The molecule has 3 aromatic carbocycles. The summed E-state index contributed by atoms with van der Waals surface area (Å²) in [6.07, 6.45) is 1.57. The molecule has 0 aromatic heterocycles. The van der Waals surface area contributed by atoms with Gasteiger partial charge in [0.15, 0.2) is 0 Å². The van der Waals surface area contributed by atoms with Crippen molar-refractivity contribution >= 4 is 5.97 Å². The Bertz CT molecular complexity index is 985. The number of carbonyl (C=O) groups is 1. The highest BCUT2D eigenvalue weighted by Crippen LogP contribution is 2.36. The number of ether oxygens (including phenoxy) is 1. The normalized spacial score (nSPS) is 17.6. The largest absolute Gasteiger partial charge is 0.489 e. The van der Waals surface area contributed by atoms with E-state index in [2.05, 4.69) is 42.2 Å². The van der Waals surface area contributed by atoms with Crippen molar-refractivity contribution in [1.29, 1.82) is 0 Å². The monoisotopic (exact) mass is 401 g/mol. The Morgan fingerprint density at radius 2 is 1.80 bits per heavy atom. The average molecular weight is 402 g/mol. The van der Waals surface area contributed by atoms with Crippen molar-refractivity contribution in [1.82, 2.24) is 4.90 Å². The molecule has 4 heteroatoms. The Morgan fingerprint density at radius 3 is 2.53 bits per heavy atom.